The van der Waals surface area contributed by atoms with Crippen molar-refractivity contribution in [1.82, 2.24) is 9.55 Å². The number of fused-ring (bicyclic) bond motifs is 1. The predicted octanol–water partition coefficient (Wildman–Crippen LogP) is 6.48. The number of pyridine rings is 1. The van der Waals surface area contributed by atoms with Gasteiger partial charge in [-0.05, 0) is 41.5 Å². The van der Waals surface area contributed by atoms with E-state index in [0.717, 1.165) is 26.6 Å². The fourth-order valence-corrected chi connectivity index (χ4v) is 5.89. The molecule has 0 aliphatic rings. The number of thiophene rings is 1. The zero-order chi connectivity index (χ0) is 22.9. The minimum Gasteiger partial charge on any atom is -0.497 e. The van der Waals surface area contributed by atoms with Gasteiger partial charge in [-0.25, -0.2) is 9.37 Å². The number of methoxy groups -OCH3 is 1. The van der Waals surface area contributed by atoms with Crippen LogP contribution in [0.4, 0.5) is 4.39 Å². The van der Waals surface area contributed by atoms with Gasteiger partial charge in [-0.3, -0.25) is 4.79 Å². The smallest absolute Gasteiger partial charge is 0.201 e. The average Bonchev–Trinajstić information content (AvgIpc) is 3.51. The summed E-state index contributed by atoms with van der Waals surface area (Å²) >= 11 is 5.09. The average molecular weight is 525 g/mol. The van der Waals surface area contributed by atoms with Gasteiger partial charge < -0.3 is 13.7 Å². The lowest BCUT2D eigenvalue weighted by atomic mass is 10.1. The first-order chi connectivity index (χ1) is 16.1. The topological polar surface area (TPSA) is 57.3 Å². The maximum Gasteiger partial charge on any atom is 0.201 e. The third-order valence-electron chi connectivity index (χ3n) is 5.49. The molecule has 0 bridgehead atoms. The molecule has 0 spiro atoms. The molecule has 0 saturated carbocycles. The molecule has 5 aromatic rings. The van der Waals surface area contributed by atoms with Crippen LogP contribution in [0.1, 0.15) is 11.1 Å². The largest absolute Gasteiger partial charge is 0.497 e. The molecule has 0 unspecified atom stereocenters. The van der Waals surface area contributed by atoms with Crippen LogP contribution < -0.4 is 10.2 Å². The molecule has 33 heavy (non-hydrogen) atoms. The lowest BCUT2D eigenvalue weighted by molar-refractivity contribution is 0.415. The Morgan fingerprint density at radius 2 is 1.97 bits per heavy atom. The highest BCUT2D eigenvalue weighted by Gasteiger charge is 2.22. The lowest BCUT2D eigenvalue weighted by Gasteiger charge is -2.11. The highest BCUT2D eigenvalue weighted by atomic mass is 79.9. The van der Waals surface area contributed by atoms with Crippen LogP contribution in [-0.4, -0.2) is 16.7 Å². The molecule has 0 N–H and O–H groups in total. The molecule has 3 heterocycles. The van der Waals surface area contributed by atoms with Crippen molar-refractivity contribution < 1.29 is 13.5 Å². The van der Waals surface area contributed by atoms with E-state index in [1.54, 1.807) is 31.5 Å². The maximum absolute atomic E-state index is 14.5. The number of hydrogen-bond acceptors (Lipinski definition) is 5. The standard InChI is InChI=1S/C25H18BrFN2O3S/c1-31-17-8-6-15(7-9-17)24-18(10-26)22-23(30)19(21-11-28-14-32-21)13-29(25(22)33-24)12-16-4-2-3-5-20(16)27/h2-9,11,13-14H,10,12H2,1H3. The Hall–Kier alpha value is -3.23. The Morgan fingerprint density at radius 3 is 2.64 bits per heavy atom. The van der Waals surface area contributed by atoms with E-state index in [1.807, 2.05) is 28.8 Å². The molecule has 0 atom stereocenters. The van der Waals surface area contributed by atoms with Gasteiger partial charge in [-0.2, -0.15) is 0 Å². The summed E-state index contributed by atoms with van der Waals surface area (Å²) in [4.78, 5) is 19.3. The number of aromatic nitrogens is 2. The lowest BCUT2D eigenvalue weighted by Crippen LogP contribution is -2.12. The second kappa shape index (κ2) is 8.96. The number of ether oxygens (including phenoxy) is 1. The van der Waals surface area contributed by atoms with Crippen molar-refractivity contribution in [2.24, 2.45) is 0 Å². The van der Waals surface area contributed by atoms with Gasteiger partial charge in [0.25, 0.3) is 0 Å². The van der Waals surface area contributed by atoms with Gasteiger partial charge in [0.05, 0.1) is 30.8 Å². The van der Waals surface area contributed by atoms with E-state index in [4.69, 9.17) is 9.15 Å². The molecule has 0 amide bonds. The van der Waals surface area contributed by atoms with Gasteiger partial charge in [-0.1, -0.05) is 34.1 Å². The van der Waals surface area contributed by atoms with Gasteiger partial charge in [0.15, 0.2) is 12.2 Å². The van der Waals surface area contributed by atoms with E-state index >= 15 is 0 Å². The van der Waals surface area contributed by atoms with Crippen molar-refractivity contribution in [3.8, 4) is 27.5 Å². The van der Waals surface area contributed by atoms with Gasteiger partial charge >= 0.3 is 0 Å². The summed E-state index contributed by atoms with van der Waals surface area (Å²) in [6.45, 7) is 0.273. The van der Waals surface area contributed by atoms with Crippen molar-refractivity contribution in [1.29, 1.82) is 0 Å². The van der Waals surface area contributed by atoms with Gasteiger partial charge in [0.2, 0.25) is 5.43 Å². The summed E-state index contributed by atoms with van der Waals surface area (Å²) in [5.74, 6) is 0.840. The van der Waals surface area contributed by atoms with Crippen LogP contribution >= 0.6 is 27.3 Å². The third-order valence-corrected chi connectivity index (χ3v) is 7.37. The highest BCUT2D eigenvalue weighted by molar-refractivity contribution is 9.08. The van der Waals surface area contributed by atoms with E-state index in [0.29, 0.717) is 27.6 Å². The van der Waals surface area contributed by atoms with Crippen molar-refractivity contribution in [3.63, 3.8) is 0 Å². The zero-order valence-electron chi connectivity index (χ0n) is 17.5. The van der Waals surface area contributed by atoms with Crippen molar-refractivity contribution in [3.05, 3.63) is 94.5 Å². The number of oxazole rings is 1. The SMILES string of the molecule is COc1ccc(-c2sc3c(c2CBr)c(=O)c(-c2cnco2)cn3Cc2ccccc2F)cc1. The Morgan fingerprint density at radius 1 is 1.18 bits per heavy atom. The summed E-state index contributed by atoms with van der Waals surface area (Å²) in [6, 6.07) is 14.4. The molecule has 0 aliphatic carbocycles. The molecule has 0 saturated heterocycles. The minimum absolute atomic E-state index is 0.142. The molecule has 0 radical (unpaired) electrons. The van der Waals surface area contributed by atoms with Gasteiger partial charge in [0.1, 0.15) is 16.4 Å². The fourth-order valence-electron chi connectivity index (χ4n) is 3.85. The van der Waals surface area contributed by atoms with Crippen LogP contribution in [-0.2, 0) is 11.9 Å². The fraction of sp³-hybridized carbons (Fsp3) is 0.120. The number of benzene rings is 2. The first-order valence-corrected chi connectivity index (χ1v) is 12.1. The second-order valence-corrected chi connectivity index (χ2v) is 8.97. The van der Waals surface area contributed by atoms with Crippen molar-refractivity contribution in [2.75, 3.05) is 7.11 Å². The van der Waals surface area contributed by atoms with Crippen LogP contribution in [0, 0.1) is 5.82 Å². The monoisotopic (exact) mass is 524 g/mol. The van der Waals surface area contributed by atoms with Crippen molar-refractivity contribution >= 4 is 37.5 Å². The normalized spacial score (nSPS) is 11.2. The molecule has 166 valence electrons. The molecular weight excluding hydrogens is 507 g/mol. The molecule has 3 aromatic heterocycles. The molecule has 5 nitrogen and oxygen atoms in total. The quantitative estimate of drug-likeness (QED) is 0.238. The van der Waals surface area contributed by atoms with Crippen LogP contribution in [0.5, 0.6) is 5.75 Å². The minimum atomic E-state index is -0.293. The van der Waals surface area contributed by atoms with Gasteiger partial charge in [-0.15, -0.1) is 11.3 Å². The predicted molar refractivity (Wildman–Crippen MR) is 132 cm³/mol. The summed E-state index contributed by atoms with van der Waals surface area (Å²) in [6.07, 6.45) is 4.53. The molecule has 2 aromatic carbocycles. The Bertz CT molecular complexity index is 1490. The number of alkyl halides is 1. The molecular formula is C25H18BrFN2O3S. The number of halogens is 2. The first-order valence-electron chi connectivity index (χ1n) is 10.1. The summed E-state index contributed by atoms with van der Waals surface area (Å²) < 4.78 is 27.1. The maximum atomic E-state index is 14.5. The van der Waals surface area contributed by atoms with E-state index < -0.39 is 0 Å². The van der Waals surface area contributed by atoms with Crippen LogP contribution in [0.25, 0.3) is 32.0 Å². The zero-order valence-corrected chi connectivity index (χ0v) is 20.0. The van der Waals surface area contributed by atoms with E-state index in [2.05, 4.69) is 20.9 Å². The van der Waals surface area contributed by atoms with E-state index in [1.165, 1.54) is 30.0 Å². The third kappa shape index (κ3) is 3.89. The second-order valence-electron chi connectivity index (χ2n) is 7.41. The molecule has 0 fully saturated rings. The van der Waals surface area contributed by atoms with Crippen LogP contribution in [0.3, 0.4) is 0 Å². The van der Waals surface area contributed by atoms with E-state index in [-0.39, 0.29) is 17.8 Å². The summed E-state index contributed by atoms with van der Waals surface area (Å²) in [7, 11) is 1.62. The molecule has 8 heteroatoms. The number of nitrogens with zero attached hydrogens (tertiary/aromatic N) is 2. The Balaban J connectivity index is 1.79. The van der Waals surface area contributed by atoms with Crippen LogP contribution in [0.2, 0.25) is 0 Å². The summed E-state index contributed by atoms with van der Waals surface area (Å²) in [5, 5.41) is 1.08. The highest BCUT2D eigenvalue weighted by Crippen LogP contribution is 2.40. The number of rotatable bonds is 6. The molecule has 0 aliphatic heterocycles. The summed E-state index contributed by atoms with van der Waals surface area (Å²) in [5.41, 5.74) is 2.64. The van der Waals surface area contributed by atoms with Crippen LogP contribution in [0.15, 0.2) is 76.5 Å². The Labute approximate surface area is 201 Å². The van der Waals surface area contributed by atoms with Crippen molar-refractivity contribution in [2.45, 2.75) is 11.9 Å². The molecule has 5 rings (SSSR count). The Kier molecular flexibility index (Phi) is 5.86. The van der Waals surface area contributed by atoms with Gasteiger partial charge in [0, 0.05) is 22.0 Å². The number of hydrogen-bond donors (Lipinski definition) is 0. The van der Waals surface area contributed by atoms with E-state index in [9.17, 15) is 9.18 Å². The first kappa shape index (κ1) is 21.6.